The van der Waals surface area contributed by atoms with Gasteiger partial charge in [-0.15, -0.1) is 11.6 Å². The summed E-state index contributed by atoms with van der Waals surface area (Å²) >= 11 is 11.6. The zero-order chi connectivity index (χ0) is 11.4. The summed E-state index contributed by atoms with van der Waals surface area (Å²) in [5, 5.41) is 0.330. The fourth-order valence-corrected chi connectivity index (χ4v) is 4.02. The number of thioether (sulfide) groups is 1. The Morgan fingerprint density at radius 1 is 1.44 bits per heavy atom. The van der Waals surface area contributed by atoms with Crippen molar-refractivity contribution in [2.45, 2.75) is 11.8 Å². The minimum absolute atomic E-state index is 0.330. The van der Waals surface area contributed by atoms with Gasteiger partial charge in [0, 0.05) is 15.6 Å². The second-order valence-electron chi connectivity index (χ2n) is 3.91. The molecule has 0 aromatic heterocycles. The molecule has 4 heteroatoms. The second kappa shape index (κ2) is 6.18. The van der Waals surface area contributed by atoms with Crippen molar-refractivity contribution in [3.63, 3.8) is 0 Å². The third-order valence-electron chi connectivity index (χ3n) is 2.67. The van der Waals surface area contributed by atoms with Crippen molar-refractivity contribution in [1.82, 2.24) is 0 Å². The first-order valence-electron chi connectivity index (χ1n) is 5.36. The zero-order valence-corrected chi connectivity index (χ0v) is 12.0. The van der Waals surface area contributed by atoms with Crippen LogP contribution in [0.4, 0.5) is 0 Å². The van der Waals surface area contributed by atoms with Crippen LogP contribution in [0, 0.1) is 5.92 Å². The summed E-state index contributed by atoms with van der Waals surface area (Å²) in [7, 11) is 0. The Kier molecular flexibility index (Phi) is 4.86. The molecule has 88 valence electrons. The van der Waals surface area contributed by atoms with Gasteiger partial charge >= 0.3 is 0 Å². The zero-order valence-electron chi connectivity index (χ0n) is 8.86. The molecule has 2 unspecified atom stereocenters. The van der Waals surface area contributed by atoms with Crippen molar-refractivity contribution in [2.75, 3.05) is 18.1 Å². The number of halogens is 2. The maximum Gasteiger partial charge on any atom is 0.120 e. The molecule has 0 aliphatic carbocycles. The molecule has 0 radical (unpaired) electrons. The Hall–Kier alpha value is 0.140. The average Bonchev–Trinajstić information content (AvgIpc) is 2.65. The molecule has 0 N–H and O–H groups in total. The summed E-state index contributed by atoms with van der Waals surface area (Å²) in [5.41, 5.74) is 0. The number of benzene rings is 1. The van der Waals surface area contributed by atoms with Crippen LogP contribution in [0.5, 0.6) is 5.75 Å². The van der Waals surface area contributed by atoms with E-state index in [9.17, 15) is 0 Å². The van der Waals surface area contributed by atoms with Crippen LogP contribution in [-0.2, 0) is 0 Å². The van der Waals surface area contributed by atoms with Crippen LogP contribution in [0.3, 0.4) is 0 Å². The van der Waals surface area contributed by atoms with E-state index in [1.165, 1.54) is 5.75 Å². The Balaban J connectivity index is 1.75. The minimum atomic E-state index is 0.330. The van der Waals surface area contributed by atoms with Crippen LogP contribution in [0.1, 0.15) is 6.42 Å². The first-order chi connectivity index (χ1) is 7.75. The Labute approximate surface area is 114 Å². The SMILES string of the molecule is ClC1CSCC1CCOc1cccc(Br)c1. The van der Waals surface area contributed by atoms with E-state index in [2.05, 4.69) is 15.9 Å². The van der Waals surface area contributed by atoms with E-state index in [0.29, 0.717) is 11.3 Å². The third-order valence-corrected chi connectivity index (χ3v) is 5.12. The molecule has 0 bridgehead atoms. The molecule has 1 nitrogen and oxygen atoms in total. The first kappa shape index (κ1) is 12.6. The predicted octanol–water partition coefficient (Wildman–Crippen LogP) is 4.19. The van der Waals surface area contributed by atoms with Gasteiger partial charge in [0.25, 0.3) is 0 Å². The summed E-state index contributed by atoms with van der Waals surface area (Å²) in [5.74, 6) is 3.80. The van der Waals surface area contributed by atoms with E-state index in [4.69, 9.17) is 16.3 Å². The van der Waals surface area contributed by atoms with Crippen molar-refractivity contribution >= 4 is 39.3 Å². The van der Waals surface area contributed by atoms with Gasteiger partial charge in [0.1, 0.15) is 5.75 Å². The number of rotatable bonds is 4. The smallest absolute Gasteiger partial charge is 0.120 e. The lowest BCUT2D eigenvalue weighted by atomic mass is 10.1. The molecule has 1 aliphatic heterocycles. The highest BCUT2D eigenvalue weighted by Gasteiger charge is 2.25. The Bertz CT molecular complexity index is 348. The monoisotopic (exact) mass is 320 g/mol. The molecule has 0 saturated carbocycles. The molecule has 2 atom stereocenters. The molecule has 1 aliphatic rings. The van der Waals surface area contributed by atoms with Crippen molar-refractivity contribution in [1.29, 1.82) is 0 Å². The van der Waals surface area contributed by atoms with Gasteiger partial charge in [0.15, 0.2) is 0 Å². The molecule has 1 aromatic carbocycles. The number of ether oxygens (including phenoxy) is 1. The summed E-state index contributed by atoms with van der Waals surface area (Å²) in [6.45, 7) is 0.755. The number of hydrogen-bond donors (Lipinski definition) is 0. The van der Waals surface area contributed by atoms with Crippen LogP contribution in [0.25, 0.3) is 0 Å². The first-order valence-corrected chi connectivity index (χ1v) is 7.74. The lowest BCUT2D eigenvalue weighted by Crippen LogP contribution is -2.15. The van der Waals surface area contributed by atoms with Crippen molar-refractivity contribution in [3.05, 3.63) is 28.7 Å². The summed E-state index contributed by atoms with van der Waals surface area (Å²) in [4.78, 5) is 0. The van der Waals surface area contributed by atoms with Gasteiger partial charge < -0.3 is 4.74 Å². The topological polar surface area (TPSA) is 9.23 Å². The molecule has 1 aromatic rings. The molecule has 16 heavy (non-hydrogen) atoms. The second-order valence-corrected chi connectivity index (χ2v) is 6.46. The molecule has 1 saturated heterocycles. The van der Waals surface area contributed by atoms with Crippen LogP contribution in [-0.4, -0.2) is 23.5 Å². The van der Waals surface area contributed by atoms with Gasteiger partial charge in [-0.05, 0) is 36.3 Å². The Morgan fingerprint density at radius 2 is 2.31 bits per heavy atom. The van der Waals surface area contributed by atoms with E-state index >= 15 is 0 Å². The molecule has 1 heterocycles. The quantitative estimate of drug-likeness (QED) is 0.769. The number of hydrogen-bond acceptors (Lipinski definition) is 2. The average molecular weight is 322 g/mol. The predicted molar refractivity (Wildman–Crippen MR) is 74.7 cm³/mol. The molecular weight excluding hydrogens is 308 g/mol. The third kappa shape index (κ3) is 3.57. The van der Waals surface area contributed by atoms with Crippen molar-refractivity contribution < 1.29 is 4.74 Å². The largest absolute Gasteiger partial charge is 0.494 e. The summed E-state index contributed by atoms with van der Waals surface area (Å²) < 4.78 is 6.75. The highest BCUT2D eigenvalue weighted by molar-refractivity contribution is 9.10. The number of alkyl halides is 1. The molecule has 0 amide bonds. The normalized spacial score (nSPS) is 24.6. The molecule has 1 fully saturated rings. The van der Waals surface area contributed by atoms with Crippen LogP contribution >= 0.6 is 39.3 Å². The van der Waals surface area contributed by atoms with Gasteiger partial charge in [-0.25, -0.2) is 0 Å². The van der Waals surface area contributed by atoms with Crippen molar-refractivity contribution in [2.24, 2.45) is 5.92 Å². The minimum Gasteiger partial charge on any atom is -0.494 e. The summed E-state index contributed by atoms with van der Waals surface area (Å²) in [6.07, 6.45) is 1.05. The highest BCUT2D eigenvalue weighted by atomic mass is 79.9. The van der Waals surface area contributed by atoms with E-state index in [1.807, 2.05) is 36.0 Å². The van der Waals surface area contributed by atoms with Crippen LogP contribution in [0.2, 0.25) is 0 Å². The van der Waals surface area contributed by atoms with Gasteiger partial charge in [-0.3, -0.25) is 0 Å². The maximum atomic E-state index is 6.20. The van der Waals surface area contributed by atoms with Gasteiger partial charge in [-0.1, -0.05) is 22.0 Å². The Morgan fingerprint density at radius 3 is 3.00 bits per heavy atom. The van der Waals surface area contributed by atoms with Crippen LogP contribution in [0.15, 0.2) is 28.7 Å². The van der Waals surface area contributed by atoms with Gasteiger partial charge in [0.2, 0.25) is 0 Å². The van der Waals surface area contributed by atoms with Gasteiger partial charge in [0.05, 0.1) is 6.61 Å². The lowest BCUT2D eigenvalue weighted by molar-refractivity contribution is 0.286. The summed E-state index contributed by atoms with van der Waals surface area (Å²) in [6, 6.07) is 7.94. The van der Waals surface area contributed by atoms with Gasteiger partial charge in [-0.2, -0.15) is 11.8 Å². The maximum absolute atomic E-state index is 6.20. The van der Waals surface area contributed by atoms with Crippen LogP contribution < -0.4 is 4.74 Å². The molecular formula is C12H14BrClOS. The molecule has 2 rings (SSSR count). The van der Waals surface area contributed by atoms with Crippen molar-refractivity contribution in [3.8, 4) is 5.75 Å². The molecule has 0 spiro atoms. The highest BCUT2D eigenvalue weighted by Crippen LogP contribution is 2.30. The fraction of sp³-hybridized carbons (Fsp3) is 0.500. The van der Waals surface area contributed by atoms with E-state index < -0.39 is 0 Å². The van der Waals surface area contributed by atoms with E-state index in [0.717, 1.165) is 29.0 Å². The van der Waals surface area contributed by atoms with E-state index in [1.54, 1.807) is 0 Å². The standard InChI is InChI=1S/C12H14BrClOS/c13-10-2-1-3-11(6-10)15-5-4-9-7-16-8-12(9)14/h1-3,6,9,12H,4-5,7-8H2. The fourth-order valence-electron chi connectivity index (χ4n) is 1.72. The van der Waals surface area contributed by atoms with E-state index in [-0.39, 0.29) is 0 Å². The lowest BCUT2D eigenvalue weighted by Gasteiger charge is -2.13.